The van der Waals surface area contributed by atoms with E-state index in [1.54, 1.807) is 0 Å². The van der Waals surface area contributed by atoms with Gasteiger partial charge in [0.15, 0.2) is 0 Å². The molecule has 0 radical (unpaired) electrons. The number of aryl methyl sites for hydroxylation is 1. The van der Waals surface area contributed by atoms with E-state index >= 15 is 0 Å². The van der Waals surface area contributed by atoms with Crippen molar-refractivity contribution < 1.29 is 9.31 Å². The highest BCUT2D eigenvalue weighted by Crippen LogP contribution is 2.36. The van der Waals surface area contributed by atoms with Crippen LogP contribution in [0.4, 0.5) is 0 Å². The third-order valence-electron chi connectivity index (χ3n) is 3.77. The lowest BCUT2D eigenvalue weighted by Gasteiger charge is -2.32. The molecule has 1 aliphatic heterocycles. The first-order chi connectivity index (χ1) is 8.27. The highest BCUT2D eigenvalue weighted by atomic mass is 35.5. The molecule has 3 nitrogen and oxygen atoms in total. The fraction of sp³-hybridized carbons (Fsp3) is 0.615. The number of rotatable bonds is 2. The van der Waals surface area contributed by atoms with Crippen LogP contribution in [-0.2, 0) is 15.7 Å². The van der Waals surface area contributed by atoms with Gasteiger partial charge >= 0.3 is 7.12 Å². The standard InChI is InChI=1S/C13H19BClNO2/c1-6-10-9(15)7-8-11(16-10)14-17-12(2,3)13(4,5)18-14/h7-8H,6H2,1-5H3. The normalized spacial score (nSPS) is 21.3. The molecule has 0 spiro atoms. The largest absolute Gasteiger partial charge is 0.514 e. The Hall–Kier alpha value is -0.575. The first-order valence-corrected chi connectivity index (χ1v) is 6.65. The lowest BCUT2D eigenvalue weighted by atomic mass is 9.84. The van der Waals surface area contributed by atoms with E-state index in [9.17, 15) is 0 Å². The number of hydrogen-bond acceptors (Lipinski definition) is 3. The summed E-state index contributed by atoms with van der Waals surface area (Å²) < 4.78 is 11.9. The number of pyridine rings is 1. The van der Waals surface area contributed by atoms with Gasteiger partial charge in [-0.1, -0.05) is 18.5 Å². The van der Waals surface area contributed by atoms with Crippen LogP contribution in [0.25, 0.3) is 0 Å². The van der Waals surface area contributed by atoms with Crippen molar-refractivity contribution in [3.8, 4) is 0 Å². The van der Waals surface area contributed by atoms with Crippen molar-refractivity contribution in [1.82, 2.24) is 4.98 Å². The van der Waals surface area contributed by atoms with E-state index in [1.807, 2.05) is 46.8 Å². The molecule has 0 amide bonds. The second kappa shape index (κ2) is 4.51. The predicted molar refractivity (Wildman–Crippen MR) is 74.3 cm³/mol. The Morgan fingerprint density at radius 3 is 2.22 bits per heavy atom. The van der Waals surface area contributed by atoms with Gasteiger partial charge in [-0.25, -0.2) is 0 Å². The number of nitrogens with zero attached hydrogens (tertiary/aromatic N) is 1. The van der Waals surface area contributed by atoms with Gasteiger partial charge in [-0.05, 0) is 46.2 Å². The number of aromatic nitrogens is 1. The van der Waals surface area contributed by atoms with Crippen LogP contribution in [0.1, 0.15) is 40.3 Å². The lowest BCUT2D eigenvalue weighted by molar-refractivity contribution is 0.00578. The number of halogens is 1. The van der Waals surface area contributed by atoms with Gasteiger partial charge in [0.05, 0.1) is 27.5 Å². The van der Waals surface area contributed by atoms with Crippen molar-refractivity contribution in [3.05, 3.63) is 22.8 Å². The van der Waals surface area contributed by atoms with Crippen molar-refractivity contribution in [2.24, 2.45) is 0 Å². The van der Waals surface area contributed by atoms with E-state index in [0.717, 1.165) is 17.7 Å². The molecule has 98 valence electrons. The van der Waals surface area contributed by atoms with E-state index < -0.39 is 7.12 Å². The van der Waals surface area contributed by atoms with Crippen LogP contribution in [0.15, 0.2) is 12.1 Å². The molecule has 0 bridgehead atoms. The zero-order chi connectivity index (χ0) is 13.6. The van der Waals surface area contributed by atoms with E-state index in [0.29, 0.717) is 5.02 Å². The van der Waals surface area contributed by atoms with E-state index in [4.69, 9.17) is 20.9 Å². The van der Waals surface area contributed by atoms with Crippen molar-refractivity contribution >= 4 is 24.3 Å². The van der Waals surface area contributed by atoms with Crippen molar-refractivity contribution in [2.45, 2.75) is 52.2 Å². The highest BCUT2D eigenvalue weighted by molar-refractivity contribution is 6.61. The average Bonchev–Trinajstić information content (AvgIpc) is 2.49. The summed E-state index contributed by atoms with van der Waals surface area (Å²) in [5.74, 6) is 0. The Labute approximate surface area is 114 Å². The predicted octanol–water partition coefficient (Wildman–Crippen LogP) is 2.60. The maximum Gasteiger partial charge on any atom is 0.514 e. The summed E-state index contributed by atoms with van der Waals surface area (Å²) in [5, 5.41) is 0.692. The Bertz CT molecular complexity index is 446. The molecule has 18 heavy (non-hydrogen) atoms. The first kappa shape index (κ1) is 13.8. The molecule has 1 fully saturated rings. The van der Waals surface area contributed by atoms with Gasteiger partial charge in [0.2, 0.25) is 0 Å². The summed E-state index contributed by atoms with van der Waals surface area (Å²) in [7, 11) is -0.419. The van der Waals surface area contributed by atoms with E-state index in [2.05, 4.69) is 4.98 Å². The Morgan fingerprint density at radius 2 is 1.72 bits per heavy atom. The molecule has 0 aromatic carbocycles. The Morgan fingerprint density at radius 1 is 1.17 bits per heavy atom. The molecular formula is C13H19BClNO2. The maximum absolute atomic E-state index is 6.07. The summed E-state index contributed by atoms with van der Waals surface area (Å²) in [6.45, 7) is 10.2. The minimum absolute atomic E-state index is 0.342. The minimum atomic E-state index is -0.419. The smallest absolute Gasteiger partial charge is 0.398 e. The van der Waals surface area contributed by atoms with Crippen molar-refractivity contribution in [1.29, 1.82) is 0 Å². The van der Waals surface area contributed by atoms with Gasteiger partial charge in [0, 0.05) is 0 Å². The molecule has 0 aliphatic carbocycles. The molecule has 0 N–H and O–H groups in total. The van der Waals surface area contributed by atoms with Crippen molar-refractivity contribution in [2.75, 3.05) is 0 Å². The topological polar surface area (TPSA) is 31.4 Å². The highest BCUT2D eigenvalue weighted by Gasteiger charge is 2.52. The first-order valence-electron chi connectivity index (χ1n) is 6.28. The molecule has 5 heteroatoms. The van der Waals surface area contributed by atoms with Gasteiger partial charge in [-0.2, -0.15) is 0 Å². The molecule has 0 unspecified atom stereocenters. The van der Waals surface area contributed by atoms with Crippen LogP contribution in [0.5, 0.6) is 0 Å². The van der Waals surface area contributed by atoms with Gasteiger partial charge < -0.3 is 9.31 Å². The quantitative estimate of drug-likeness (QED) is 0.772. The lowest BCUT2D eigenvalue weighted by Crippen LogP contribution is -2.41. The third-order valence-corrected chi connectivity index (χ3v) is 4.11. The Balaban J connectivity index is 2.30. The van der Waals surface area contributed by atoms with Crippen molar-refractivity contribution in [3.63, 3.8) is 0 Å². The third kappa shape index (κ3) is 2.29. The molecular weight excluding hydrogens is 248 g/mol. The van der Waals surface area contributed by atoms with Gasteiger partial charge in [0.1, 0.15) is 0 Å². The van der Waals surface area contributed by atoms with Gasteiger partial charge in [-0.15, -0.1) is 0 Å². The number of hydrogen-bond donors (Lipinski definition) is 0. The summed E-state index contributed by atoms with van der Waals surface area (Å²) >= 11 is 6.07. The molecule has 2 heterocycles. The van der Waals surface area contributed by atoms with Crippen LogP contribution < -0.4 is 5.59 Å². The van der Waals surface area contributed by atoms with Gasteiger partial charge in [0.25, 0.3) is 0 Å². The van der Waals surface area contributed by atoms with Crippen LogP contribution in [-0.4, -0.2) is 23.3 Å². The van der Waals surface area contributed by atoms with E-state index in [1.165, 1.54) is 0 Å². The molecule has 0 atom stereocenters. The molecule has 1 aromatic rings. The van der Waals surface area contributed by atoms with Crippen LogP contribution in [0.3, 0.4) is 0 Å². The summed E-state index contributed by atoms with van der Waals surface area (Å²) in [5.41, 5.74) is 0.982. The zero-order valence-electron chi connectivity index (χ0n) is 11.6. The summed E-state index contributed by atoms with van der Waals surface area (Å²) in [6, 6.07) is 3.72. The fourth-order valence-electron chi connectivity index (χ4n) is 1.84. The van der Waals surface area contributed by atoms with Gasteiger partial charge in [-0.3, -0.25) is 4.98 Å². The Kier molecular flexibility index (Phi) is 3.47. The maximum atomic E-state index is 6.07. The molecule has 0 saturated carbocycles. The molecule has 2 rings (SSSR count). The zero-order valence-corrected chi connectivity index (χ0v) is 12.3. The SMILES string of the molecule is CCc1nc(B2OC(C)(C)C(C)(C)O2)ccc1Cl. The van der Waals surface area contributed by atoms with E-state index in [-0.39, 0.29) is 11.2 Å². The average molecular weight is 268 g/mol. The minimum Gasteiger partial charge on any atom is -0.398 e. The van der Waals surface area contributed by atoms with Crippen LogP contribution >= 0.6 is 11.6 Å². The molecule has 1 aromatic heterocycles. The van der Waals surface area contributed by atoms with Crippen LogP contribution in [0, 0.1) is 0 Å². The molecule has 1 saturated heterocycles. The van der Waals surface area contributed by atoms with Crippen LogP contribution in [0.2, 0.25) is 5.02 Å². The fourth-order valence-corrected chi connectivity index (χ4v) is 2.08. The monoisotopic (exact) mass is 267 g/mol. The molecule has 1 aliphatic rings. The summed E-state index contributed by atoms with van der Waals surface area (Å²) in [4.78, 5) is 4.52. The second-order valence-corrected chi connectivity index (χ2v) is 6.01. The summed E-state index contributed by atoms with van der Waals surface area (Å²) in [6.07, 6.45) is 0.798. The second-order valence-electron chi connectivity index (χ2n) is 5.61.